The van der Waals surface area contributed by atoms with Crippen molar-refractivity contribution in [2.75, 3.05) is 44.2 Å². The summed E-state index contributed by atoms with van der Waals surface area (Å²) in [6, 6.07) is 0. The molecule has 0 aromatic carbocycles. The fourth-order valence-electron chi connectivity index (χ4n) is 2.66. The molecule has 0 bridgehead atoms. The Morgan fingerprint density at radius 3 is 2.90 bits per heavy atom. The number of nitrogens with one attached hydrogen (secondary N) is 1. The highest BCUT2D eigenvalue weighted by Crippen LogP contribution is 2.19. The number of rotatable bonds is 6. The summed E-state index contributed by atoms with van der Waals surface area (Å²) in [6.07, 6.45) is 5.96. The predicted molar refractivity (Wildman–Crippen MR) is 86.0 cm³/mol. The van der Waals surface area contributed by atoms with Crippen LogP contribution < -0.4 is 16.2 Å². The van der Waals surface area contributed by atoms with Crippen LogP contribution in [0, 0.1) is 0 Å². The fraction of sp³-hybridized carbons (Fsp3) is 0.714. The van der Waals surface area contributed by atoms with Crippen molar-refractivity contribution >= 4 is 17.4 Å². The number of hydrogen-bond acceptors (Lipinski definition) is 5. The monoisotopic (exact) mass is 313 g/mol. The Labute approximate surface area is 130 Å². The molecule has 21 heavy (non-hydrogen) atoms. The molecule has 2 rings (SSSR count). The fourth-order valence-corrected chi connectivity index (χ4v) is 2.88. The molecule has 0 aliphatic carbocycles. The number of nitrogens with zero attached hydrogens (tertiary/aromatic N) is 3. The number of hydrogen-bond donors (Lipinski definition) is 2. The number of unbranched alkanes of at least 4 members (excludes halogenated alkanes) is 2. The number of anilines is 1. The maximum Gasteiger partial charge on any atom is 0.271 e. The standard InChI is InChI=1S/C14H24ClN5O/c15-12-13(17-11-18-14(12)21)20-8-4-7-19(9-10-20)6-3-1-2-5-16/h11H,1-10,16H2,(H,17,18,21). The van der Waals surface area contributed by atoms with Crippen molar-refractivity contribution in [2.24, 2.45) is 5.73 Å². The van der Waals surface area contributed by atoms with Gasteiger partial charge in [-0.05, 0) is 38.9 Å². The molecule has 1 aliphatic rings. The molecule has 1 aromatic rings. The van der Waals surface area contributed by atoms with E-state index in [1.165, 1.54) is 19.2 Å². The molecule has 7 heteroatoms. The Bertz CT molecular complexity index is 492. The maximum absolute atomic E-state index is 11.6. The molecule has 1 fully saturated rings. The summed E-state index contributed by atoms with van der Waals surface area (Å²) in [5, 5.41) is 0.189. The lowest BCUT2D eigenvalue weighted by molar-refractivity contribution is 0.286. The van der Waals surface area contributed by atoms with E-state index in [1.807, 2.05) is 0 Å². The van der Waals surface area contributed by atoms with Gasteiger partial charge in [0.1, 0.15) is 5.02 Å². The van der Waals surface area contributed by atoms with Crippen molar-refractivity contribution in [1.29, 1.82) is 0 Å². The molecule has 0 unspecified atom stereocenters. The Balaban J connectivity index is 1.88. The average Bonchev–Trinajstić information content (AvgIpc) is 2.72. The third-order valence-electron chi connectivity index (χ3n) is 3.84. The van der Waals surface area contributed by atoms with Gasteiger partial charge >= 0.3 is 0 Å². The molecule has 0 saturated carbocycles. The second-order valence-electron chi connectivity index (χ2n) is 5.40. The molecule has 1 saturated heterocycles. The number of aromatic nitrogens is 2. The molecule has 3 N–H and O–H groups in total. The molecule has 0 amide bonds. The first-order valence-electron chi connectivity index (χ1n) is 7.63. The lowest BCUT2D eigenvalue weighted by atomic mass is 10.2. The van der Waals surface area contributed by atoms with Gasteiger partial charge in [0.25, 0.3) is 5.56 Å². The van der Waals surface area contributed by atoms with Gasteiger partial charge in [0, 0.05) is 19.6 Å². The van der Waals surface area contributed by atoms with Crippen LogP contribution in [0.3, 0.4) is 0 Å². The second kappa shape index (κ2) is 8.36. The molecule has 1 aromatic heterocycles. The van der Waals surface area contributed by atoms with Crippen LogP contribution in [0.15, 0.2) is 11.1 Å². The Kier molecular flexibility index (Phi) is 6.48. The van der Waals surface area contributed by atoms with Crippen LogP contribution >= 0.6 is 11.6 Å². The average molecular weight is 314 g/mol. The van der Waals surface area contributed by atoms with Gasteiger partial charge in [-0.1, -0.05) is 18.0 Å². The van der Waals surface area contributed by atoms with Crippen LogP contribution in [0.5, 0.6) is 0 Å². The molecular formula is C14H24ClN5O. The van der Waals surface area contributed by atoms with E-state index in [-0.39, 0.29) is 10.6 Å². The van der Waals surface area contributed by atoms with E-state index in [4.69, 9.17) is 17.3 Å². The van der Waals surface area contributed by atoms with Crippen LogP contribution in [-0.4, -0.2) is 54.1 Å². The largest absolute Gasteiger partial charge is 0.354 e. The van der Waals surface area contributed by atoms with E-state index in [9.17, 15) is 4.79 Å². The van der Waals surface area contributed by atoms with Crippen molar-refractivity contribution in [1.82, 2.24) is 14.9 Å². The summed E-state index contributed by atoms with van der Waals surface area (Å²) < 4.78 is 0. The number of aromatic amines is 1. The summed E-state index contributed by atoms with van der Waals surface area (Å²) in [4.78, 5) is 22.9. The van der Waals surface area contributed by atoms with Gasteiger partial charge in [0.05, 0.1) is 6.33 Å². The SMILES string of the molecule is NCCCCCN1CCCN(c2nc[nH]c(=O)c2Cl)CC1. The van der Waals surface area contributed by atoms with Crippen molar-refractivity contribution in [3.05, 3.63) is 21.7 Å². The third kappa shape index (κ3) is 4.69. The minimum absolute atomic E-state index is 0.189. The van der Waals surface area contributed by atoms with Gasteiger partial charge in [-0.2, -0.15) is 0 Å². The zero-order valence-electron chi connectivity index (χ0n) is 12.4. The van der Waals surface area contributed by atoms with Crippen molar-refractivity contribution in [3.8, 4) is 0 Å². The van der Waals surface area contributed by atoms with E-state index in [0.717, 1.165) is 52.1 Å². The van der Waals surface area contributed by atoms with Crippen LogP contribution in [0.25, 0.3) is 0 Å². The van der Waals surface area contributed by atoms with Crippen LogP contribution in [0.4, 0.5) is 5.82 Å². The first-order valence-corrected chi connectivity index (χ1v) is 8.00. The molecule has 6 nitrogen and oxygen atoms in total. The van der Waals surface area contributed by atoms with Gasteiger partial charge in [0.2, 0.25) is 0 Å². The summed E-state index contributed by atoms with van der Waals surface area (Å²) >= 11 is 6.06. The smallest absolute Gasteiger partial charge is 0.271 e. The van der Waals surface area contributed by atoms with Crippen molar-refractivity contribution in [3.63, 3.8) is 0 Å². The quantitative estimate of drug-likeness (QED) is 0.768. The van der Waals surface area contributed by atoms with Gasteiger partial charge in [-0.25, -0.2) is 4.98 Å². The minimum Gasteiger partial charge on any atom is -0.354 e. The van der Waals surface area contributed by atoms with E-state index < -0.39 is 0 Å². The molecule has 2 heterocycles. The Morgan fingerprint density at radius 1 is 1.24 bits per heavy atom. The van der Waals surface area contributed by atoms with Crippen molar-refractivity contribution in [2.45, 2.75) is 25.7 Å². The van der Waals surface area contributed by atoms with Crippen LogP contribution in [-0.2, 0) is 0 Å². The summed E-state index contributed by atoms with van der Waals surface area (Å²) in [6.45, 7) is 5.70. The van der Waals surface area contributed by atoms with Crippen LogP contribution in [0.2, 0.25) is 5.02 Å². The number of halogens is 1. The first-order chi connectivity index (χ1) is 10.2. The van der Waals surface area contributed by atoms with Crippen molar-refractivity contribution < 1.29 is 0 Å². The lowest BCUT2D eigenvalue weighted by Crippen LogP contribution is -2.32. The number of nitrogens with two attached hydrogens (primary N) is 1. The van der Waals surface area contributed by atoms with Gasteiger partial charge in [-0.15, -0.1) is 0 Å². The zero-order chi connectivity index (χ0) is 15.1. The molecule has 0 atom stereocenters. The van der Waals surface area contributed by atoms with Gasteiger partial charge < -0.3 is 20.5 Å². The molecule has 0 radical (unpaired) electrons. The molecule has 118 valence electrons. The zero-order valence-corrected chi connectivity index (χ0v) is 13.1. The predicted octanol–water partition coefficient (Wildman–Crippen LogP) is 1.06. The highest BCUT2D eigenvalue weighted by Gasteiger charge is 2.18. The van der Waals surface area contributed by atoms with Gasteiger partial charge in [0.15, 0.2) is 5.82 Å². The second-order valence-corrected chi connectivity index (χ2v) is 5.78. The highest BCUT2D eigenvalue weighted by molar-refractivity contribution is 6.32. The van der Waals surface area contributed by atoms with E-state index >= 15 is 0 Å². The lowest BCUT2D eigenvalue weighted by Gasteiger charge is -2.23. The van der Waals surface area contributed by atoms with Crippen LogP contribution in [0.1, 0.15) is 25.7 Å². The molecule has 1 aliphatic heterocycles. The highest BCUT2D eigenvalue weighted by atomic mass is 35.5. The summed E-state index contributed by atoms with van der Waals surface area (Å²) in [7, 11) is 0. The summed E-state index contributed by atoms with van der Waals surface area (Å²) in [5.74, 6) is 0.602. The topological polar surface area (TPSA) is 78.2 Å². The first kappa shape index (κ1) is 16.3. The molecule has 0 spiro atoms. The Morgan fingerprint density at radius 2 is 2.10 bits per heavy atom. The summed E-state index contributed by atoms with van der Waals surface area (Å²) in [5.41, 5.74) is 5.24. The van der Waals surface area contributed by atoms with Gasteiger partial charge in [-0.3, -0.25) is 4.79 Å². The number of H-pyrrole nitrogens is 1. The van der Waals surface area contributed by atoms with E-state index in [2.05, 4.69) is 19.8 Å². The minimum atomic E-state index is -0.274. The Hall–Kier alpha value is -1.11. The third-order valence-corrected chi connectivity index (χ3v) is 4.19. The van der Waals surface area contributed by atoms with E-state index in [0.29, 0.717) is 5.82 Å². The van der Waals surface area contributed by atoms with E-state index in [1.54, 1.807) is 0 Å². The normalized spacial score (nSPS) is 17.0. The molecular weight excluding hydrogens is 290 g/mol. The maximum atomic E-state index is 11.6.